The van der Waals surface area contributed by atoms with E-state index >= 15 is 0 Å². The predicted octanol–water partition coefficient (Wildman–Crippen LogP) is 3.60. The number of rotatable bonds is 3. The minimum Gasteiger partial charge on any atom is -0.437 e. The summed E-state index contributed by atoms with van der Waals surface area (Å²) in [7, 11) is 0. The van der Waals surface area contributed by atoms with Crippen molar-refractivity contribution in [3.63, 3.8) is 0 Å². The normalized spacial score (nSPS) is 11.7. The number of hydrogen-bond acceptors (Lipinski definition) is 3. The molecule has 0 bridgehead atoms. The van der Waals surface area contributed by atoms with Crippen LogP contribution in [0.3, 0.4) is 0 Å². The molecule has 0 saturated heterocycles. The van der Waals surface area contributed by atoms with E-state index in [0.717, 1.165) is 6.07 Å². The molecule has 0 unspecified atom stereocenters. The molecule has 0 saturated carbocycles. The van der Waals surface area contributed by atoms with Gasteiger partial charge >= 0.3 is 6.18 Å². The molecule has 0 radical (unpaired) electrons. The van der Waals surface area contributed by atoms with Crippen molar-refractivity contribution < 1.29 is 17.9 Å². The molecule has 0 aliphatic rings. The van der Waals surface area contributed by atoms with E-state index < -0.39 is 11.7 Å². The minimum atomic E-state index is -4.49. The fourth-order valence-electron chi connectivity index (χ4n) is 1.79. The average molecular weight is 285 g/mol. The number of benzene rings is 1. The number of nitrogens with zero attached hydrogens (tertiary/aromatic N) is 2. The molecule has 0 amide bonds. The minimum absolute atomic E-state index is 0.127. The summed E-state index contributed by atoms with van der Waals surface area (Å²) in [4.78, 5) is 0. The topological polar surface area (TPSA) is 53.1 Å². The van der Waals surface area contributed by atoms with E-state index in [4.69, 9.17) is 10.5 Å². The Kier molecular flexibility index (Phi) is 3.61. The Bertz CT molecular complexity index is 620. The highest BCUT2D eigenvalue weighted by Crippen LogP contribution is 2.39. The van der Waals surface area contributed by atoms with Crippen molar-refractivity contribution in [2.75, 3.05) is 5.73 Å². The SMILES string of the molecule is CCn1nc(C)c(N)c1Oc1ccccc1C(F)(F)F. The molecule has 7 heteroatoms. The van der Waals surface area contributed by atoms with Gasteiger partial charge in [0, 0.05) is 6.54 Å². The first-order chi connectivity index (χ1) is 9.34. The number of ether oxygens (including phenoxy) is 1. The molecule has 20 heavy (non-hydrogen) atoms. The lowest BCUT2D eigenvalue weighted by molar-refractivity contribution is -0.138. The molecule has 1 aromatic carbocycles. The molecule has 2 aromatic rings. The van der Waals surface area contributed by atoms with E-state index in [2.05, 4.69) is 5.10 Å². The van der Waals surface area contributed by atoms with Gasteiger partial charge in [-0.2, -0.15) is 18.3 Å². The summed E-state index contributed by atoms with van der Waals surface area (Å²) in [5.41, 5.74) is 5.71. The first-order valence-corrected chi connectivity index (χ1v) is 6.01. The molecule has 0 aliphatic carbocycles. The molecule has 108 valence electrons. The first-order valence-electron chi connectivity index (χ1n) is 6.01. The Morgan fingerprint density at radius 1 is 1.30 bits per heavy atom. The molecule has 0 fully saturated rings. The summed E-state index contributed by atoms with van der Waals surface area (Å²) in [6.07, 6.45) is -4.49. The van der Waals surface area contributed by atoms with Crippen LogP contribution < -0.4 is 10.5 Å². The molecule has 0 atom stereocenters. The number of aryl methyl sites for hydroxylation is 2. The summed E-state index contributed by atoms with van der Waals surface area (Å²) in [5, 5.41) is 4.10. The molecular weight excluding hydrogens is 271 g/mol. The van der Waals surface area contributed by atoms with Crippen molar-refractivity contribution in [1.29, 1.82) is 0 Å². The lowest BCUT2D eigenvalue weighted by Crippen LogP contribution is -2.08. The Morgan fingerprint density at radius 2 is 1.95 bits per heavy atom. The fraction of sp³-hybridized carbons (Fsp3) is 0.308. The van der Waals surface area contributed by atoms with Crippen LogP contribution >= 0.6 is 0 Å². The highest BCUT2D eigenvalue weighted by atomic mass is 19.4. The third kappa shape index (κ3) is 2.56. The highest BCUT2D eigenvalue weighted by Gasteiger charge is 2.34. The maximum absolute atomic E-state index is 12.9. The second-order valence-corrected chi connectivity index (χ2v) is 4.22. The molecule has 0 aliphatic heterocycles. The molecule has 0 spiro atoms. The van der Waals surface area contributed by atoms with Crippen LogP contribution in [0, 0.1) is 6.92 Å². The van der Waals surface area contributed by atoms with Crippen molar-refractivity contribution in [3.05, 3.63) is 35.5 Å². The van der Waals surface area contributed by atoms with Crippen LogP contribution in [-0.2, 0) is 12.7 Å². The van der Waals surface area contributed by atoms with Crippen molar-refractivity contribution in [2.24, 2.45) is 0 Å². The van der Waals surface area contributed by atoms with E-state index in [1.807, 2.05) is 0 Å². The zero-order valence-electron chi connectivity index (χ0n) is 11.0. The zero-order valence-corrected chi connectivity index (χ0v) is 11.0. The van der Waals surface area contributed by atoms with Crippen molar-refractivity contribution >= 4 is 5.69 Å². The summed E-state index contributed by atoms with van der Waals surface area (Å²) in [6.45, 7) is 3.92. The van der Waals surface area contributed by atoms with Crippen molar-refractivity contribution in [1.82, 2.24) is 9.78 Å². The van der Waals surface area contributed by atoms with Gasteiger partial charge in [0.1, 0.15) is 11.4 Å². The largest absolute Gasteiger partial charge is 0.437 e. The van der Waals surface area contributed by atoms with E-state index in [0.29, 0.717) is 12.2 Å². The van der Waals surface area contributed by atoms with E-state index in [9.17, 15) is 13.2 Å². The van der Waals surface area contributed by atoms with Crippen LogP contribution in [0.25, 0.3) is 0 Å². The van der Waals surface area contributed by atoms with Gasteiger partial charge in [0.25, 0.3) is 0 Å². The summed E-state index contributed by atoms with van der Waals surface area (Å²) < 4.78 is 45.5. The Hall–Kier alpha value is -2.18. The predicted molar refractivity (Wildman–Crippen MR) is 68.6 cm³/mol. The highest BCUT2D eigenvalue weighted by molar-refractivity contribution is 5.54. The zero-order chi connectivity index (χ0) is 14.9. The third-order valence-electron chi connectivity index (χ3n) is 2.82. The molecule has 1 aromatic heterocycles. The van der Waals surface area contributed by atoms with Gasteiger partial charge in [-0.25, -0.2) is 4.68 Å². The van der Waals surface area contributed by atoms with Gasteiger partial charge in [-0.3, -0.25) is 0 Å². The van der Waals surface area contributed by atoms with E-state index in [1.165, 1.54) is 22.9 Å². The smallest absolute Gasteiger partial charge is 0.419 e. The number of para-hydroxylation sites is 1. The number of hydrogen-bond donors (Lipinski definition) is 1. The monoisotopic (exact) mass is 285 g/mol. The molecule has 1 heterocycles. The molecule has 2 N–H and O–H groups in total. The van der Waals surface area contributed by atoms with Gasteiger partial charge < -0.3 is 10.5 Å². The van der Waals surface area contributed by atoms with Crippen LogP contribution in [0.15, 0.2) is 24.3 Å². The van der Waals surface area contributed by atoms with Gasteiger partial charge in [-0.15, -0.1) is 0 Å². The lowest BCUT2D eigenvalue weighted by Gasteiger charge is -2.14. The van der Waals surface area contributed by atoms with Gasteiger partial charge in [0.05, 0.1) is 11.3 Å². The Balaban J connectivity index is 2.46. The van der Waals surface area contributed by atoms with Gasteiger partial charge in [0.2, 0.25) is 5.88 Å². The molecule has 4 nitrogen and oxygen atoms in total. The van der Waals surface area contributed by atoms with Crippen molar-refractivity contribution in [2.45, 2.75) is 26.6 Å². The fourth-order valence-corrected chi connectivity index (χ4v) is 1.79. The van der Waals surface area contributed by atoms with Crippen molar-refractivity contribution in [3.8, 4) is 11.6 Å². The molecular formula is C13H14F3N3O. The summed E-state index contributed by atoms with van der Waals surface area (Å²) in [5.74, 6) is -0.164. The van der Waals surface area contributed by atoms with E-state index in [1.54, 1.807) is 13.8 Å². The maximum atomic E-state index is 12.9. The summed E-state index contributed by atoms with van der Waals surface area (Å²) >= 11 is 0. The van der Waals surface area contributed by atoms with Crippen LogP contribution in [-0.4, -0.2) is 9.78 Å². The first kappa shape index (κ1) is 14.2. The Labute approximate surface area is 114 Å². The van der Waals surface area contributed by atoms with Crippen LogP contribution in [0.2, 0.25) is 0 Å². The second kappa shape index (κ2) is 5.07. The average Bonchev–Trinajstić information content (AvgIpc) is 2.66. The number of anilines is 1. The number of alkyl halides is 3. The summed E-state index contributed by atoms with van der Waals surface area (Å²) in [6, 6.07) is 5.00. The Morgan fingerprint density at radius 3 is 2.55 bits per heavy atom. The number of nitrogen functional groups attached to an aromatic ring is 1. The molecule has 2 rings (SSSR count). The third-order valence-corrected chi connectivity index (χ3v) is 2.82. The maximum Gasteiger partial charge on any atom is 0.419 e. The van der Waals surface area contributed by atoms with Gasteiger partial charge in [0.15, 0.2) is 0 Å². The van der Waals surface area contributed by atoms with E-state index in [-0.39, 0.29) is 17.3 Å². The number of halogens is 3. The lowest BCUT2D eigenvalue weighted by atomic mass is 10.2. The van der Waals surface area contributed by atoms with Crippen LogP contribution in [0.4, 0.5) is 18.9 Å². The number of nitrogens with two attached hydrogens (primary N) is 1. The number of aromatic nitrogens is 2. The second-order valence-electron chi connectivity index (χ2n) is 4.22. The standard InChI is InChI=1S/C13H14F3N3O/c1-3-19-12(11(17)8(2)18-19)20-10-7-5-4-6-9(10)13(14,15)16/h4-7H,3,17H2,1-2H3. The van der Waals surface area contributed by atoms with Crippen LogP contribution in [0.5, 0.6) is 11.6 Å². The quantitative estimate of drug-likeness (QED) is 0.937. The van der Waals surface area contributed by atoms with Gasteiger partial charge in [-0.1, -0.05) is 12.1 Å². The van der Waals surface area contributed by atoms with Crippen LogP contribution in [0.1, 0.15) is 18.2 Å². The van der Waals surface area contributed by atoms with Gasteiger partial charge in [-0.05, 0) is 26.0 Å².